The summed E-state index contributed by atoms with van der Waals surface area (Å²) in [5.74, 6) is 1.11. The maximum absolute atomic E-state index is 13.9. The van der Waals surface area contributed by atoms with Gasteiger partial charge in [-0.1, -0.05) is 30.3 Å². The highest BCUT2D eigenvalue weighted by Gasteiger charge is 2.43. The van der Waals surface area contributed by atoms with E-state index in [4.69, 9.17) is 18.9 Å². The Kier molecular flexibility index (Phi) is 7.33. The van der Waals surface area contributed by atoms with Gasteiger partial charge in [0.25, 0.3) is 5.91 Å². The van der Waals surface area contributed by atoms with Crippen LogP contribution in [0.15, 0.2) is 60.7 Å². The Morgan fingerprint density at radius 2 is 1.50 bits per heavy atom. The SMILES string of the molecule is COc1ccc([C@H]2[C@@H](C(=O)NCc3ccccc3OC)c3cc(OC)c(OC)cc3C(=O)N2C)cc1. The van der Waals surface area contributed by atoms with Crippen LogP contribution in [-0.4, -0.2) is 52.2 Å². The highest BCUT2D eigenvalue weighted by Crippen LogP contribution is 2.45. The smallest absolute Gasteiger partial charge is 0.254 e. The molecule has 0 spiro atoms. The normalized spacial score (nSPS) is 16.7. The molecule has 3 aromatic rings. The minimum absolute atomic E-state index is 0.208. The molecule has 1 heterocycles. The second-order valence-corrected chi connectivity index (χ2v) is 8.44. The Hall–Kier alpha value is -4.20. The van der Waals surface area contributed by atoms with Gasteiger partial charge in [-0.2, -0.15) is 0 Å². The van der Waals surface area contributed by atoms with Gasteiger partial charge in [0.15, 0.2) is 11.5 Å². The number of carbonyl (C=O) groups excluding carboxylic acids is 2. The predicted octanol–water partition coefficient (Wildman–Crippen LogP) is 3.95. The molecule has 2 atom stereocenters. The number of amides is 2. The number of likely N-dealkylation sites (N-methyl/N-ethyl adjacent to an activating group) is 1. The fourth-order valence-electron chi connectivity index (χ4n) is 4.69. The average Bonchev–Trinajstić information content (AvgIpc) is 2.92. The third-order valence-corrected chi connectivity index (χ3v) is 6.56. The summed E-state index contributed by atoms with van der Waals surface area (Å²) >= 11 is 0. The van der Waals surface area contributed by atoms with Gasteiger partial charge in [0, 0.05) is 24.7 Å². The Bertz CT molecular complexity index is 1260. The molecule has 1 aliphatic heterocycles. The lowest BCUT2D eigenvalue weighted by atomic mass is 9.79. The molecule has 36 heavy (non-hydrogen) atoms. The van der Waals surface area contributed by atoms with E-state index >= 15 is 0 Å². The van der Waals surface area contributed by atoms with E-state index in [9.17, 15) is 9.59 Å². The van der Waals surface area contributed by atoms with E-state index in [-0.39, 0.29) is 18.4 Å². The minimum atomic E-state index is -0.703. The van der Waals surface area contributed by atoms with E-state index in [1.807, 2.05) is 48.5 Å². The van der Waals surface area contributed by atoms with Crippen molar-refractivity contribution in [1.29, 1.82) is 0 Å². The van der Waals surface area contributed by atoms with Crippen LogP contribution in [0, 0.1) is 0 Å². The molecular weight excluding hydrogens is 460 g/mol. The molecule has 8 nitrogen and oxygen atoms in total. The molecule has 188 valence electrons. The van der Waals surface area contributed by atoms with E-state index in [1.165, 1.54) is 14.2 Å². The first kappa shape index (κ1) is 24.9. The zero-order chi connectivity index (χ0) is 25.8. The predicted molar refractivity (Wildman–Crippen MR) is 135 cm³/mol. The monoisotopic (exact) mass is 490 g/mol. The largest absolute Gasteiger partial charge is 0.497 e. The standard InChI is InChI=1S/C28H30N2O6/c1-30-26(17-10-12-19(33-2)13-11-17)25(27(31)29-16-18-8-6-7-9-22(18)34-3)20-14-23(35-4)24(36-5)15-21(20)28(30)32/h6-15,25-26H,16H2,1-5H3,(H,29,31)/t25-,26-/m0/s1. The van der Waals surface area contributed by atoms with Gasteiger partial charge in [-0.3, -0.25) is 9.59 Å². The average molecular weight is 491 g/mol. The van der Waals surface area contributed by atoms with Crippen molar-refractivity contribution in [2.24, 2.45) is 0 Å². The maximum atomic E-state index is 13.9. The number of rotatable bonds is 8. The van der Waals surface area contributed by atoms with Crippen molar-refractivity contribution in [2.45, 2.75) is 18.5 Å². The Morgan fingerprint density at radius 1 is 0.861 bits per heavy atom. The highest BCUT2D eigenvalue weighted by molar-refractivity contribution is 6.02. The van der Waals surface area contributed by atoms with Crippen LogP contribution >= 0.6 is 0 Å². The second kappa shape index (κ2) is 10.6. The first-order valence-electron chi connectivity index (χ1n) is 11.5. The van der Waals surface area contributed by atoms with Gasteiger partial charge in [0.2, 0.25) is 5.91 Å². The molecule has 0 radical (unpaired) electrons. The lowest BCUT2D eigenvalue weighted by Gasteiger charge is -2.40. The zero-order valence-electron chi connectivity index (χ0n) is 21.0. The van der Waals surface area contributed by atoms with Gasteiger partial charge >= 0.3 is 0 Å². The number of methoxy groups -OCH3 is 4. The quantitative estimate of drug-likeness (QED) is 0.515. The lowest BCUT2D eigenvalue weighted by molar-refractivity contribution is -0.124. The molecule has 0 fully saturated rings. The lowest BCUT2D eigenvalue weighted by Crippen LogP contribution is -2.45. The van der Waals surface area contributed by atoms with E-state index in [2.05, 4.69) is 5.32 Å². The molecular formula is C28H30N2O6. The summed E-state index contributed by atoms with van der Waals surface area (Å²) in [7, 11) is 7.93. The number of hydrogen-bond acceptors (Lipinski definition) is 6. The summed E-state index contributed by atoms with van der Waals surface area (Å²) in [6, 6.07) is 17.7. The summed E-state index contributed by atoms with van der Waals surface area (Å²) in [4.78, 5) is 28.9. The number of ether oxygens (including phenoxy) is 4. The number of nitrogens with one attached hydrogen (secondary N) is 1. The fourth-order valence-corrected chi connectivity index (χ4v) is 4.69. The zero-order valence-corrected chi connectivity index (χ0v) is 21.0. The van der Waals surface area contributed by atoms with Gasteiger partial charge < -0.3 is 29.2 Å². The molecule has 1 aliphatic rings. The van der Waals surface area contributed by atoms with Gasteiger partial charge in [-0.15, -0.1) is 0 Å². The van der Waals surface area contributed by atoms with Crippen LogP contribution in [0.25, 0.3) is 0 Å². The van der Waals surface area contributed by atoms with Gasteiger partial charge in [0.1, 0.15) is 11.5 Å². The van der Waals surface area contributed by atoms with Crippen molar-refractivity contribution in [3.05, 3.63) is 82.9 Å². The molecule has 0 aromatic heterocycles. The topological polar surface area (TPSA) is 86.3 Å². The van der Waals surface area contributed by atoms with Gasteiger partial charge in [0.05, 0.1) is 40.4 Å². The summed E-state index contributed by atoms with van der Waals surface area (Å²) in [5.41, 5.74) is 2.64. The number of fused-ring (bicyclic) bond motifs is 1. The molecule has 0 saturated carbocycles. The Labute approximate surface area is 210 Å². The van der Waals surface area contributed by atoms with E-state index < -0.39 is 12.0 Å². The van der Waals surface area contributed by atoms with E-state index in [0.717, 1.165) is 11.1 Å². The molecule has 0 saturated heterocycles. The van der Waals surface area contributed by atoms with Gasteiger partial charge in [-0.05, 0) is 41.5 Å². The van der Waals surface area contributed by atoms with Crippen molar-refractivity contribution in [3.63, 3.8) is 0 Å². The van der Waals surface area contributed by atoms with Crippen LogP contribution in [-0.2, 0) is 11.3 Å². The molecule has 0 bridgehead atoms. The van der Waals surface area contributed by atoms with E-state index in [0.29, 0.717) is 34.1 Å². The summed E-state index contributed by atoms with van der Waals surface area (Å²) in [5, 5.41) is 3.05. The van der Waals surface area contributed by atoms with E-state index in [1.54, 1.807) is 38.3 Å². The van der Waals surface area contributed by atoms with Crippen molar-refractivity contribution in [3.8, 4) is 23.0 Å². The Balaban J connectivity index is 1.80. The van der Waals surface area contributed by atoms with Crippen molar-refractivity contribution in [2.75, 3.05) is 35.5 Å². The summed E-state index contributed by atoms with van der Waals surface area (Å²) < 4.78 is 21.7. The molecule has 0 aliphatic carbocycles. The molecule has 8 heteroatoms. The minimum Gasteiger partial charge on any atom is -0.497 e. The van der Waals surface area contributed by atoms with Crippen molar-refractivity contribution in [1.82, 2.24) is 10.2 Å². The third-order valence-electron chi connectivity index (χ3n) is 6.56. The first-order valence-corrected chi connectivity index (χ1v) is 11.5. The Morgan fingerprint density at radius 3 is 2.14 bits per heavy atom. The van der Waals surface area contributed by atoms with Crippen LogP contribution in [0.2, 0.25) is 0 Å². The third kappa shape index (κ3) is 4.54. The first-order chi connectivity index (χ1) is 17.4. The number of carbonyl (C=O) groups is 2. The van der Waals surface area contributed by atoms with Crippen LogP contribution < -0.4 is 24.3 Å². The van der Waals surface area contributed by atoms with Crippen LogP contribution in [0.3, 0.4) is 0 Å². The number of benzene rings is 3. The highest BCUT2D eigenvalue weighted by atomic mass is 16.5. The summed E-state index contributed by atoms with van der Waals surface area (Å²) in [6.07, 6.45) is 0. The van der Waals surface area contributed by atoms with Crippen LogP contribution in [0.1, 0.15) is 39.0 Å². The number of hydrogen-bond donors (Lipinski definition) is 1. The summed E-state index contributed by atoms with van der Waals surface area (Å²) in [6.45, 7) is 0.273. The maximum Gasteiger partial charge on any atom is 0.254 e. The van der Waals surface area contributed by atoms with Gasteiger partial charge in [-0.25, -0.2) is 0 Å². The second-order valence-electron chi connectivity index (χ2n) is 8.44. The molecule has 3 aromatic carbocycles. The number of para-hydroxylation sites is 1. The molecule has 4 rings (SSSR count). The van der Waals surface area contributed by atoms with Crippen LogP contribution in [0.5, 0.6) is 23.0 Å². The molecule has 2 amide bonds. The fraction of sp³-hybridized carbons (Fsp3) is 0.286. The van der Waals surface area contributed by atoms with Crippen molar-refractivity contribution < 1.29 is 28.5 Å². The van der Waals surface area contributed by atoms with Crippen molar-refractivity contribution >= 4 is 11.8 Å². The molecule has 0 unspecified atom stereocenters. The molecule has 1 N–H and O–H groups in total. The van der Waals surface area contributed by atoms with Crippen LogP contribution in [0.4, 0.5) is 0 Å². The number of nitrogens with zero attached hydrogens (tertiary/aromatic N) is 1.